The Balaban J connectivity index is 1.33. The molecule has 2 fully saturated rings. The molecule has 2 saturated heterocycles. The highest BCUT2D eigenvalue weighted by Gasteiger charge is 2.25. The van der Waals surface area contributed by atoms with E-state index in [0.717, 1.165) is 19.4 Å². The maximum Gasteiger partial charge on any atom is 0.289 e. The van der Waals surface area contributed by atoms with Crippen molar-refractivity contribution >= 4 is 17.6 Å². The van der Waals surface area contributed by atoms with Crippen LogP contribution in [0, 0.1) is 0 Å². The van der Waals surface area contributed by atoms with Gasteiger partial charge in [-0.05, 0) is 25.0 Å². The van der Waals surface area contributed by atoms with Gasteiger partial charge in [0.1, 0.15) is 17.8 Å². The number of nitrogens with zero attached hydrogens (tertiary/aromatic N) is 4. The van der Waals surface area contributed by atoms with Crippen LogP contribution in [0.5, 0.6) is 0 Å². The molecule has 148 valence electrons. The molecule has 2 amide bonds. The standard InChI is InChI=1S/C19H23N5O4/c25-18(20-12-14-3-1-9-27-14)15-11-17(22-13-21-15)23-5-7-24(8-6-23)19(26)16-4-2-10-28-16/h2,4,10-11,13-14H,1,3,5-9,12H2,(H,20,25). The van der Waals surface area contributed by atoms with Gasteiger partial charge in [-0.25, -0.2) is 9.97 Å². The van der Waals surface area contributed by atoms with Gasteiger partial charge in [-0.2, -0.15) is 0 Å². The summed E-state index contributed by atoms with van der Waals surface area (Å²) in [6.07, 6.45) is 4.99. The molecule has 2 aromatic rings. The van der Waals surface area contributed by atoms with E-state index in [4.69, 9.17) is 9.15 Å². The molecule has 2 aromatic heterocycles. The molecule has 28 heavy (non-hydrogen) atoms. The molecule has 9 heteroatoms. The molecule has 1 unspecified atom stereocenters. The third-order valence-electron chi connectivity index (χ3n) is 5.02. The molecule has 4 rings (SSSR count). The molecule has 1 atom stereocenters. The first-order chi connectivity index (χ1) is 13.7. The van der Waals surface area contributed by atoms with Crippen LogP contribution in [-0.4, -0.2) is 72.1 Å². The molecule has 0 radical (unpaired) electrons. The fraction of sp³-hybridized carbons (Fsp3) is 0.474. The Kier molecular flexibility index (Phi) is 5.52. The second-order valence-corrected chi connectivity index (χ2v) is 6.86. The van der Waals surface area contributed by atoms with Crippen molar-refractivity contribution in [1.29, 1.82) is 0 Å². The lowest BCUT2D eigenvalue weighted by atomic mass is 10.2. The first-order valence-corrected chi connectivity index (χ1v) is 9.50. The van der Waals surface area contributed by atoms with Crippen molar-refractivity contribution < 1.29 is 18.7 Å². The van der Waals surface area contributed by atoms with Crippen LogP contribution in [-0.2, 0) is 4.74 Å². The minimum atomic E-state index is -0.231. The highest BCUT2D eigenvalue weighted by molar-refractivity contribution is 5.93. The summed E-state index contributed by atoms with van der Waals surface area (Å²) >= 11 is 0. The summed E-state index contributed by atoms with van der Waals surface area (Å²) in [5.41, 5.74) is 0.331. The highest BCUT2D eigenvalue weighted by atomic mass is 16.5. The van der Waals surface area contributed by atoms with E-state index in [2.05, 4.69) is 15.3 Å². The normalized spacial score (nSPS) is 19.6. The van der Waals surface area contributed by atoms with Crippen molar-refractivity contribution in [3.05, 3.63) is 42.2 Å². The fourth-order valence-corrected chi connectivity index (χ4v) is 3.44. The van der Waals surface area contributed by atoms with Crippen LogP contribution >= 0.6 is 0 Å². The number of nitrogens with one attached hydrogen (secondary N) is 1. The monoisotopic (exact) mass is 385 g/mol. The number of hydrogen-bond acceptors (Lipinski definition) is 7. The number of amides is 2. The van der Waals surface area contributed by atoms with Crippen molar-refractivity contribution in [3.8, 4) is 0 Å². The number of ether oxygens (including phenoxy) is 1. The van der Waals surface area contributed by atoms with E-state index in [1.165, 1.54) is 12.6 Å². The largest absolute Gasteiger partial charge is 0.459 e. The third kappa shape index (κ3) is 4.14. The SMILES string of the molecule is O=C(NCC1CCCO1)c1cc(N2CCN(C(=O)c3ccco3)CC2)ncn1. The number of piperazine rings is 1. The molecule has 0 bridgehead atoms. The summed E-state index contributed by atoms with van der Waals surface area (Å²) in [6, 6.07) is 5.06. The zero-order chi connectivity index (χ0) is 19.3. The summed E-state index contributed by atoms with van der Waals surface area (Å²) < 4.78 is 10.7. The lowest BCUT2D eigenvalue weighted by molar-refractivity contribution is 0.0714. The molecule has 9 nitrogen and oxygen atoms in total. The van der Waals surface area contributed by atoms with Crippen molar-refractivity contribution in [3.63, 3.8) is 0 Å². The average molecular weight is 385 g/mol. The molecule has 1 N–H and O–H groups in total. The van der Waals surface area contributed by atoms with Crippen LogP contribution in [0.1, 0.15) is 33.9 Å². The van der Waals surface area contributed by atoms with Crippen LogP contribution in [0.2, 0.25) is 0 Å². The molecule has 0 aliphatic carbocycles. The molecular formula is C19H23N5O4. The predicted molar refractivity (Wildman–Crippen MR) is 100 cm³/mol. The van der Waals surface area contributed by atoms with Gasteiger partial charge in [0.15, 0.2) is 5.76 Å². The molecule has 2 aliphatic heterocycles. The lowest BCUT2D eigenvalue weighted by Crippen LogP contribution is -2.49. The van der Waals surface area contributed by atoms with Crippen molar-refractivity contribution in [2.75, 3.05) is 44.2 Å². The quantitative estimate of drug-likeness (QED) is 0.817. The summed E-state index contributed by atoms with van der Waals surface area (Å²) in [4.78, 5) is 36.9. The van der Waals surface area contributed by atoms with Gasteiger partial charge in [0.05, 0.1) is 12.4 Å². The Morgan fingerprint density at radius 2 is 2.07 bits per heavy atom. The summed E-state index contributed by atoms with van der Waals surface area (Å²) in [5, 5.41) is 2.87. The van der Waals surface area contributed by atoms with E-state index in [0.29, 0.717) is 50.0 Å². The number of furan rings is 1. The number of anilines is 1. The topological polar surface area (TPSA) is 101 Å². The Labute approximate surface area is 162 Å². The fourth-order valence-electron chi connectivity index (χ4n) is 3.44. The smallest absolute Gasteiger partial charge is 0.289 e. The van der Waals surface area contributed by atoms with E-state index in [-0.39, 0.29) is 17.9 Å². The Morgan fingerprint density at radius 1 is 1.21 bits per heavy atom. The minimum absolute atomic E-state index is 0.0880. The summed E-state index contributed by atoms with van der Waals surface area (Å²) in [5.74, 6) is 0.690. The first kappa shape index (κ1) is 18.4. The van der Waals surface area contributed by atoms with Gasteiger partial charge >= 0.3 is 0 Å². The van der Waals surface area contributed by atoms with E-state index in [9.17, 15) is 9.59 Å². The maximum atomic E-state index is 12.4. The number of hydrogen-bond donors (Lipinski definition) is 1. The number of carbonyl (C=O) groups excluding carboxylic acids is 2. The molecular weight excluding hydrogens is 362 g/mol. The van der Waals surface area contributed by atoms with Gasteiger partial charge in [-0.3, -0.25) is 9.59 Å². The third-order valence-corrected chi connectivity index (χ3v) is 5.02. The van der Waals surface area contributed by atoms with Crippen molar-refractivity contribution in [2.24, 2.45) is 0 Å². The van der Waals surface area contributed by atoms with Crippen LogP contribution in [0.3, 0.4) is 0 Å². The van der Waals surface area contributed by atoms with Crippen molar-refractivity contribution in [2.45, 2.75) is 18.9 Å². The second-order valence-electron chi connectivity index (χ2n) is 6.86. The van der Waals surface area contributed by atoms with E-state index < -0.39 is 0 Å². The van der Waals surface area contributed by atoms with Gasteiger partial charge in [-0.1, -0.05) is 0 Å². The minimum Gasteiger partial charge on any atom is -0.459 e. The maximum absolute atomic E-state index is 12.4. The van der Waals surface area contributed by atoms with Gasteiger partial charge in [0.25, 0.3) is 11.8 Å². The van der Waals surface area contributed by atoms with E-state index >= 15 is 0 Å². The average Bonchev–Trinajstić information content (AvgIpc) is 3.46. The molecule has 4 heterocycles. The van der Waals surface area contributed by atoms with Gasteiger partial charge in [0.2, 0.25) is 0 Å². The predicted octanol–water partition coefficient (Wildman–Crippen LogP) is 0.941. The van der Waals surface area contributed by atoms with Crippen LogP contribution < -0.4 is 10.2 Å². The highest BCUT2D eigenvalue weighted by Crippen LogP contribution is 2.16. The molecule has 0 spiro atoms. The number of aromatic nitrogens is 2. The number of rotatable bonds is 5. The van der Waals surface area contributed by atoms with E-state index in [1.807, 2.05) is 4.90 Å². The zero-order valence-electron chi connectivity index (χ0n) is 15.5. The van der Waals surface area contributed by atoms with Gasteiger partial charge in [-0.15, -0.1) is 0 Å². The van der Waals surface area contributed by atoms with Gasteiger partial charge < -0.3 is 24.3 Å². The van der Waals surface area contributed by atoms with Gasteiger partial charge in [0, 0.05) is 45.4 Å². The van der Waals surface area contributed by atoms with Crippen LogP contribution in [0.4, 0.5) is 5.82 Å². The van der Waals surface area contributed by atoms with Crippen LogP contribution in [0.25, 0.3) is 0 Å². The first-order valence-electron chi connectivity index (χ1n) is 9.50. The summed E-state index contributed by atoms with van der Waals surface area (Å²) in [6.45, 7) is 3.62. The zero-order valence-corrected chi connectivity index (χ0v) is 15.5. The number of carbonyl (C=O) groups is 2. The second kappa shape index (κ2) is 8.39. The Bertz CT molecular complexity index is 811. The summed E-state index contributed by atoms with van der Waals surface area (Å²) in [7, 11) is 0. The Morgan fingerprint density at radius 3 is 2.79 bits per heavy atom. The van der Waals surface area contributed by atoms with Crippen molar-refractivity contribution in [1.82, 2.24) is 20.2 Å². The molecule has 0 saturated carbocycles. The lowest BCUT2D eigenvalue weighted by Gasteiger charge is -2.35. The van der Waals surface area contributed by atoms with E-state index in [1.54, 1.807) is 23.1 Å². The Hall–Kier alpha value is -2.94. The van der Waals surface area contributed by atoms with Crippen LogP contribution in [0.15, 0.2) is 35.2 Å². The molecule has 0 aromatic carbocycles. The molecule has 2 aliphatic rings.